The fourth-order valence-corrected chi connectivity index (χ4v) is 2.54. The van der Waals surface area contributed by atoms with Gasteiger partial charge in [0.25, 0.3) is 0 Å². The number of hydrogen-bond donors (Lipinski definition) is 2. The van der Waals surface area contributed by atoms with Crippen molar-refractivity contribution in [3.8, 4) is 0 Å². The van der Waals surface area contributed by atoms with Crippen molar-refractivity contribution < 1.29 is 14.7 Å². The van der Waals surface area contributed by atoms with E-state index in [1.54, 1.807) is 12.2 Å². The average molecular weight is 338 g/mol. The Morgan fingerprint density at radius 2 is 1.80 bits per heavy atom. The van der Waals surface area contributed by atoms with Gasteiger partial charge in [0.05, 0.1) is 6.04 Å². The van der Waals surface area contributed by atoms with Crippen LogP contribution in [0.1, 0.15) is 31.4 Å². The first kappa shape index (κ1) is 14.8. The molecule has 0 aromatic heterocycles. The van der Waals surface area contributed by atoms with Gasteiger partial charge in [-0.05, 0) is 37.5 Å². The van der Waals surface area contributed by atoms with Crippen molar-refractivity contribution in [2.75, 3.05) is 0 Å². The molecule has 0 bridgehead atoms. The smallest absolute Gasteiger partial charge is 0.319 e. The van der Waals surface area contributed by atoms with Gasteiger partial charge in [-0.1, -0.05) is 40.2 Å². The fourth-order valence-electron chi connectivity index (χ4n) is 2.28. The van der Waals surface area contributed by atoms with Crippen molar-refractivity contribution in [2.45, 2.75) is 25.8 Å². The molecule has 0 unspecified atom stereocenters. The summed E-state index contributed by atoms with van der Waals surface area (Å²) in [7, 11) is 0. The third-order valence-corrected chi connectivity index (χ3v) is 4.19. The molecule has 0 aliphatic heterocycles. The van der Waals surface area contributed by atoms with Gasteiger partial charge < -0.3 is 10.4 Å². The summed E-state index contributed by atoms with van der Waals surface area (Å²) in [6, 6.07) is 7.35. The van der Waals surface area contributed by atoms with Crippen LogP contribution >= 0.6 is 15.9 Å². The highest BCUT2D eigenvalue weighted by atomic mass is 79.9. The summed E-state index contributed by atoms with van der Waals surface area (Å²) < 4.78 is 0.960. The summed E-state index contributed by atoms with van der Waals surface area (Å²) in [6.45, 7) is 1.85. The molecule has 0 heterocycles. The highest BCUT2D eigenvalue weighted by Crippen LogP contribution is 2.34. The lowest BCUT2D eigenvalue weighted by molar-refractivity contribution is -0.155. The molecule has 2 N–H and O–H groups in total. The molecule has 5 heteroatoms. The number of carbonyl (C=O) groups excluding carboxylic acids is 1. The summed E-state index contributed by atoms with van der Waals surface area (Å²) in [4.78, 5) is 23.7. The Hall–Kier alpha value is -1.62. The highest BCUT2D eigenvalue weighted by molar-refractivity contribution is 9.10. The van der Waals surface area contributed by atoms with E-state index in [0.717, 1.165) is 10.0 Å². The number of aliphatic carboxylic acids is 1. The molecule has 0 fully saturated rings. The third-order valence-electron chi connectivity index (χ3n) is 3.66. The van der Waals surface area contributed by atoms with Gasteiger partial charge in [0, 0.05) is 4.47 Å². The van der Waals surface area contributed by atoms with Gasteiger partial charge in [-0.2, -0.15) is 0 Å². The number of nitrogens with one attached hydrogen (secondary N) is 1. The second-order valence-corrected chi connectivity index (χ2v) is 5.93. The van der Waals surface area contributed by atoms with Crippen LogP contribution in [0.5, 0.6) is 0 Å². The topological polar surface area (TPSA) is 66.4 Å². The van der Waals surface area contributed by atoms with Crippen LogP contribution in [0, 0.1) is 5.41 Å². The lowest BCUT2D eigenvalue weighted by atomic mass is 9.84. The molecule has 4 nitrogen and oxygen atoms in total. The Kier molecular flexibility index (Phi) is 4.28. The molecular weight excluding hydrogens is 322 g/mol. The predicted octanol–water partition coefficient (Wildman–Crippen LogP) is 3.05. The Labute approximate surface area is 126 Å². The quantitative estimate of drug-likeness (QED) is 0.655. The van der Waals surface area contributed by atoms with Gasteiger partial charge in [-0.25, -0.2) is 0 Å². The van der Waals surface area contributed by atoms with E-state index in [1.807, 2.05) is 31.2 Å². The molecular formula is C15H16BrNO3. The molecule has 1 aliphatic rings. The number of carbonyl (C=O) groups is 2. The third kappa shape index (κ3) is 2.77. The first-order valence-electron chi connectivity index (χ1n) is 6.40. The van der Waals surface area contributed by atoms with E-state index in [-0.39, 0.29) is 18.9 Å². The Bertz CT molecular complexity index is 543. The fraction of sp³-hybridized carbons (Fsp3) is 0.333. The minimum Gasteiger partial charge on any atom is -0.480 e. The average Bonchev–Trinajstić information content (AvgIpc) is 2.90. The van der Waals surface area contributed by atoms with Crippen molar-refractivity contribution in [1.82, 2.24) is 5.32 Å². The molecule has 1 aromatic carbocycles. The summed E-state index contributed by atoms with van der Waals surface area (Å²) in [5.41, 5.74) is -0.406. The lowest BCUT2D eigenvalue weighted by Crippen LogP contribution is -2.45. The number of halogens is 1. The van der Waals surface area contributed by atoms with Crippen molar-refractivity contribution in [3.63, 3.8) is 0 Å². The normalized spacial score (nSPS) is 17.7. The number of benzene rings is 1. The van der Waals surface area contributed by atoms with E-state index >= 15 is 0 Å². The van der Waals surface area contributed by atoms with Gasteiger partial charge in [0.1, 0.15) is 0 Å². The van der Waals surface area contributed by atoms with Gasteiger partial charge >= 0.3 is 5.97 Å². The van der Waals surface area contributed by atoms with Crippen molar-refractivity contribution >= 4 is 27.8 Å². The van der Waals surface area contributed by atoms with E-state index in [1.165, 1.54) is 0 Å². The Balaban J connectivity index is 2.10. The van der Waals surface area contributed by atoms with E-state index in [9.17, 15) is 14.7 Å². The molecule has 106 valence electrons. The molecule has 1 aromatic rings. The summed E-state index contributed by atoms with van der Waals surface area (Å²) >= 11 is 3.35. The number of carboxylic acids is 1. The summed E-state index contributed by atoms with van der Waals surface area (Å²) in [5, 5.41) is 12.2. The van der Waals surface area contributed by atoms with E-state index in [4.69, 9.17) is 0 Å². The van der Waals surface area contributed by atoms with E-state index in [0.29, 0.717) is 0 Å². The molecule has 0 saturated heterocycles. The zero-order chi connectivity index (χ0) is 14.8. The maximum Gasteiger partial charge on any atom is 0.319 e. The minimum absolute atomic E-state index is 0.229. The van der Waals surface area contributed by atoms with E-state index in [2.05, 4.69) is 21.2 Å². The van der Waals surface area contributed by atoms with Crippen molar-refractivity contribution in [1.29, 1.82) is 0 Å². The van der Waals surface area contributed by atoms with E-state index < -0.39 is 17.3 Å². The minimum atomic E-state index is -1.34. The van der Waals surface area contributed by atoms with Crippen LogP contribution in [-0.2, 0) is 9.59 Å². The van der Waals surface area contributed by atoms with Crippen LogP contribution < -0.4 is 5.32 Å². The molecule has 20 heavy (non-hydrogen) atoms. The van der Waals surface area contributed by atoms with Crippen molar-refractivity contribution in [2.24, 2.45) is 5.41 Å². The van der Waals surface area contributed by atoms with Crippen molar-refractivity contribution in [3.05, 3.63) is 46.5 Å². The van der Waals surface area contributed by atoms with Gasteiger partial charge in [0.2, 0.25) is 5.91 Å². The number of amides is 1. The second-order valence-electron chi connectivity index (χ2n) is 5.01. The largest absolute Gasteiger partial charge is 0.480 e. The van der Waals surface area contributed by atoms with Crippen LogP contribution in [0.3, 0.4) is 0 Å². The van der Waals surface area contributed by atoms with Gasteiger partial charge in [0.15, 0.2) is 5.41 Å². The Morgan fingerprint density at radius 3 is 2.30 bits per heavy atom. The maximum atomic E-state index is 12.3. The monoisotopic (exact) mass is 337 g/mol. The first-order chi connectivity index (χ1) is 9.45. The van der Waals surface area contributed by atoms with Crippen LogP contribution in [-0.4, -0.2) is 17.0 Å². The SMILES string of the molecule is C[C@@H](NC(=O)C1(C(=O)O)CC=CC1)c1ccc(Br)cc1. The zero-order valence-electron chi connectivity index (χ0n) is 11.1. The lowest BCUT2D eigenvalue weighted by Gasteiger charge is -2.25. The maximum absolute atomic E-state index is 12.3. The predicted molar refractivity (Wildman–Crippen MR) is 79.1 cm³/mol. The Morgan fingerprint density at radius 1 is 1.25 bits per heavy atom. The van der Waals surface area contributed by atoms with Crippen LogP contribution in [0.25, 0.3) is 0 Å². The zero-order valence-corrected chi connectivity index (χ0v) is 12.7. The van der Waals surface area contributed by atoms with Crippen LogP contribution in [0.4, 0.5) is 0 Å². The number of hydrogen-bond acceptors (Lipinski definition) is 2. The number of rotatable bonds is 4. The van der Waals surface area contributed by atoms with Gasteiger partial charge in [-0.15, -0.1) is 0 Å². The van der Waals surface area contributed by atoms with Gasteiger partial charge in [-0.3, -0.25) is 9.59 Å². The molecule has 0 radical (unpaired) electrons. The molecule has 0 saturated carbocycles. The summed E-state index contributed by atoms with van der Waals surface area (Å²) in [5.74, 6) is -1.49. The number of allylic oxidation sites excluding steroid dienone is 2. The van der Waals surface area contributed by atoms with Crippen LogP contribution in [0.15, 0.2) is 40.9 Å². The first-order valence-corrected chi connectivity index (χ1v) is 7.20. The molecule has 1 aliphatic carbocycles. The second kappa shape index (κ2) is 5.79. The molecule has 2 rings (SSSR count). The molecule has 0 spiro atoms. The molecule has 1 atom stereocenters. The molecule has 1 amide bonds. The highest BCUT2D eigenvalue weighted by Gasteiger charge is 2.46. The summed E-state index contributed by atoms with van der Waals surface area (Å²) in [6.07, 6.45) is 4.00. The van der Waals surface area contributed by atoms with Crippen LogP contribution in [0.2, 0.25) is 0 Å². The standard InChI is InChI=1S/C15H16BrNO3/c1-10(11-4-6-12(16)7-5-11)17-13(18)15(14(19)20)8-2-3-9-15/h2-7,10H,8-9H2,1H3,(H,17,18)(H,19,20)/t10-/m1/s1. The number of carboxylic acid groups (broad SMARTS) is 1.